The maximum atomic E-state index is 12.9. The first-order valence-electron chi connectivity index (χ1n) is 15.3. The van der Waals surface area contributed by atoms with Gasteiger partial charge in [0.05, 0.1) is 20.9 Å². The van der Waals surface area contributed by atoms with Crippen LogP contribution in [0.15, 0.2) is 128 Å². The highest BCUT2D eigenvalue weighted by Crippen LogP contribution is 2.35. The Bertz CT molecular complexity index is 2220. The van der Waals surface area contributed by atoms with Crippen LogP contribution in [0.1, 0.15) is 24.4 Å². The molecule has 0 radical (unpaired) electrons. The zero-order chi connectivity index (χ0) is 35.5. The van der Waals surface area contributed by atoms with Crippen LogP contribution < -0.4 is 9.44 Å². The van der Waals surface area contributed by atoms with Gasteiger partial charge in [-0.3, -0.25) is 9.59 Å². The fraction of sp³-hybridized carbons (Fsp3) is 0.111. The molecule has 0 bridgehead atoms. The maximum Gasteiger partial charge on any atom is 0.264 e. The van der Waals surface area contributed by atoms with Gasteiger partial charge in [-0.05, 0) is 49.2 Å². The van der Waals surface area contributed by atoms with Crippen molar-refractivity contribution in [2.75, 3.05) is 0 Å². The van der Waals surface area contributed by atoms with Crippen molar-refractivity contribution in [3.63, 3.8) is 0 Å². The Morgan fingerprint density at radius 2 is 0.860 bits per heavy atom. The number of rotatable bonds is 11. The van der Waals surface area contributed by atoms with Crippen molar-refractivity contribution >= 4 is 31.9 Å². The normalized spacial score (nSPS) is 11.6. The zero-order valence-corrected chi connectivity index (χ0v) is 28.4. The van der Waals surface area contributed by atoms with E-state index in [9.17, 15) is 26.4 Å². The minimum absolute atomic E-state index is 0.191. The number of carbonyl (C=O) groups excluding carboxylic acids is 2. The van der Waals surface area contributed by atoms with E-state index in [1.54, 1.807) is 38.1 Å². The molecule has 2 amide bonds. The Balaban J connectivity index is 1.05. The summed E-state index contributed by atoms with van der Waals surface area (Å²) in [4.78, 5) is 24.6. The van der Waals surface area contributed by atoms with E-state index in [1.807, 2.05) is 70.1 Å². The van der Waals surface area contributed by atoms with Gasteiger partial charge in [0, 0.05) is 24.0 Å². The highest BCUT2D eigenvalue weighted by atomic mass is 32.2. The zero-order valence-electron chi connectivity index (χ0n) is 26.8. The lowest BCUT2D eigenvalue weighted by molar-refractivity contribution is -0.124. The van der Waals surface area contributed by atoms with E-state index in [0.717, 1.165) is 22.3 Å². The van der Waals surface area contributed by atoms with Crippen LogP contribution in [0, 0.1) is 13.8 Å². The summed E-state index contributed by atoms with van der Waals surface area (Å²) in [5.41, 5.74) is 5.57. The number of hydrogen-bond donors (Lipinski definition) is 2. The molecule has 254 valence electrons. The van der Waals surface area contributed by atoms with Crippen molar-refractivity contribution in [1.29, 1.82) is 0 Å². The fourth-order valence-electron chi connectivity index (χ4n) is 5.36. The van der Waals surface area contributed by atoms with Crippen LogP contribution in [0.2, 0.25) is 0 Å². The second-order valence-corrected chi connectivity index (χ2v) is 14.6. The second kappa shape index (κ2) is 13.9. The van der Waals surface area contributed by atoms with E-state index in [4.69, 9.17) is 9.05 Å². The SMILES string of the molecule is Cc1onc(-c2ccc(S(=O)(=O)NC(=O)CCC(=O)NS(=O)(=O)c3ccc(-c4noc(C)c4-c4ccccc4)cc3)cc2)c1-c1ccccc1. The van der Waals surface area contributed by atoms with Crippen LogP contribution in [-0.4, -0.2) is 39.0 Å². The second-order valence-electron chi connectivity index (χ2n) is 11.3. The van der Waals surface area contributed by atoms with Gasteiger partial charge in [0.1, 0.15) is 22.9 Å². The molecule has 0 aliphatic rings. The van der Waals surface area contributed by atoms with Crippen LogP contribution in [0.5, 0.6) is 0 Å². The molecule has 0 saturated heterocycles. The molecular formula is C36H30N4O8S2. The summed E-state index contributed by atoms with van der Waals surface area (Å²) in [6.45, 7) is 3.56. The van der Waals surface area contributed by atoms with E-state index in [-0.39, 0.29) is 9.79 Å². The molecule has 2 N–H and O–H groups in total. The van der Waals surface area contributed by atoms with E-state index in [0.29, 0.717) is 34.0 Å². The number of amides is 2. The average Bonchev–Trinajstić information content (AvgIpc) is 3.70. The number of hydrogen-bond acceptors (Lipinski definition) is 10. The maximum absolute atomic E-state index is 12.9. The van der Waals surface area contributed by atoms with Gasteiger partial charge in [-0.1, -0.05) is 95.2 Å². The van der Waals surface area contributed by atoms with Crippen molar-refractivity contribution in [2.45, 2.75) is 36.5 Å². The number of benzene rings is 4. The summed E-state index contributed by atoms with van der Waals surface area (Å²) in [6, 6.07) is 30.4. The van der Waals surface area contributed by atoms with Crippen molar-refractivity contribution in [1.82, 2.24) is 19.8 Å². The molecule has 0 atom stereocenters. The van der Waals surface area contributed by atoms with Gasteiger partial charge in [0.25, 0.3) is 20.0 Å². The quantitative estimate of drug-likeness (QED) is 0.161. The van der Waals surface area contributed by atoms with Crippen LogP contribution in [0.25, 0.3) is 44.8 Å². The molecule has 2 heterocycles. The van der Waals surface area contributed by atoms with Gasteiger partial charge < -0.3 is 9.05 Å². The van der Waals surface area contributed by atoms with Crippen molar-refractivity contribution in [3.05, 3.63) is 121 Å². The van der Waals surface area contributed by atoms with E-state index in [1.165, 1.54) is 24.3 Å². The number of nitrogens with zero attached hydrogens (tertiary/aromatic N) is 2. The first-order chi connectivity index (χ1) is 23.9. The van der Waals surface area contributed by atoms with Gasteiger partial charge in [0.15, 0.2) is 0 Å². The molecule has 6 aromatic rings. The predicted octanol–water partition coefficient (Wildman–Crippen LogP) is 6.04. The standard InChI is InChI=1S/C36H30N4O8S2/c1-23-33(25-9-5-3-6-10-25)35(37-47-23)27-13-17-29(18-14-27)49(43,44)39-31(41)21-22-32(42)40-50(45,46)30-19-15-28(16-20-30)36-34(24(2)48-38-36)26-11-7-4-8-12-26/h3-20H,21-22H2,1-2H3,(H,39,41)(H,40,42). The van der Waals surface area contributed by atoms with Crippen LogP contribution in [0.4, 0.5) is 0 Å². The Labute approximate surface area is 288 Å². The molecule has 0 aliphatic carbocycles. The lowest BCUT2D eigenvalue weighted by Crippen LogP contribution is -2.34. The highest BCUT2D eigenvalue weighted by Gasteiger charge is 2.23. The third kappa shape index (κ3) is 7.26. The smallest absolute Gasteiger partial charge is 0.264 e. The van der Waals surface area contributed by atoms with E-state index >= 15 is 0 Å². The number of aromatic nitrogens is 2. The fourth-order valence-corrected chi connectivity index (χ4v) is 7.39. The molecular weight excluding hydrogens is 681 g/mol. The molecule has 0 saturated carbocycles. The van der Waals surface area contributed by atoms with Crippen LogP contribution in [-0.2, 0) is 29.6 Å². The van der Waals surface area contributed by atoms with Gasteiger partial charge in [-0.2, -0.15) is 0 Å². The number of aryl methyl sites for hydroxylation is 2. The lowest BCUT2D eigenvalue weighted by atomic mass is 10.00. The minimum Gasteiger partial charge on any atom is -0.360 e. The molecule has 0 aliphatic heterocycles. The minimum atomic E-state index is -4.29. The van der Waals surface area contributed by atoms with Crippen molar-refractivity contribution in [3.8, 4) is 44.8 Å². The molecule has 0 fully saturated rings. The molecule has 2 aromatic heterocycles. The van der Waals surface area contributed by atoms with Crippen molar-refractivity contribution in [2.24, 2.45) is 0 Å². The molecule has 0 unspecified atom stereocenters. The average molecular weight is 711 g/mol. The number of sulfonamides is 2. The summed E-state index contributed by atoms with van der Waals surface area (Å²) >= 11 is 0. The Hall–Kier alpha value is -5.86. The topological polar surface area (TPSA) is 179 Å². The molecule has 0 spiro atoms. The summed E-state index contributed by atoms with van der Waals surface area (Å²) in [5, 5.41) is 8.28. The molecule has 12 nitrogen and oxygen atoms in total. The Kier molecular flexibility index (Phi) is 9.48. The monoisotopic (exact) mass is 710 g/mol. The van der Waals surface area contributed by atoms with Crippen LogP contribution >= 0.6 is 0 Å². The molecule has 50 heavy (non-hydrogen) atoms. The lowest BCUT2D eigenvalue weighted by Gasteiger charge is -2.09. The van der Waals surface area contributed by atoms with E-state index < -0.39 is 44.7 Å². The number of nitrogens with one attached hydrogen (secondary N) is 2. The number of carbonyl (C=O) groups is 2. The van der Waals surface area contributed by atoms with Gasteiger partial charge >= 0.3 is 0 Å². The first kappa shape index (κ1) is 34.0. The molecule has 4 aromatic carbocycles. The van der Waals surface area contributed by atoms with Crippen molar-refractivity contribution < 1.29 is 35.5 Å². The first-order valence-corrected chi connectivity index (χ1v) is 18.2. The largest absolute Gasteiger partial charge is 0.360 e. The Morgan fingerprint density at radius 1 is 0.520 bits per heavy atom. The summed E-state index contributed by atoms with van der Waals surface area (Å²) < 4.78 is 66.2. The third-order valence-corrected chi connectivity index (χ3v) is 10.6. The third-order valence-electron chi connectivity index (χ3n) is 7.80. The summed E-state index contributed by atoms with van der Waals surface area (Å²) in [6.07, 6.45) is -1.16. The molecule has 14 heteroatoms. The highest BCUT2D eigenvalue weighted by molar-refractivity contribution is 7.90. The predicted molar refractivity (Wildman–Crippen MR) is 184 cm³/mol. The Morgan fingerprint density at radius 3 is 1.20 bits per heavy atom. The summed E-state index contributed by atoms with van der Waals surface area (Å²) in [5.74, 6) is -0.774. The van der Waals surface area contributed by atoms with Gasteiger partial charge in [-0.25, -0.2) is 26.3 Å². The van der Waals surface area contributed by atoms with E-state index in [2.05, 4.69) is 10.3 Å². The van der Waals surface area contributed by atoms with Gasteiger partial charge in [0.2, 0.25) is 11.8 Å². The van der Waals surface area contributed by atoms with Crippen LogP contribution in [0.3, 0.4) is 0 Å². The summed E-state index contributed by atoms with van der Waals surface area (Å²) in [7, 11) is -8.59. The van der Waals surface area contributed by atoms with Gasteiger partial charge in [-0.15, -0.1) is 0 Å². The molecule has 6 rings (SSSR count).